The zero-order valence-corrected chi connectivity index (χ0v) is 15.1. The fourth-order valence-electron chi connectivity index (χ4n) is 2.50. The number of carbonyl (C=O) groups is 1. The Morgan fingerprint density at radius 2 is 1.88 bits per heavy atom. The number of nitrogens with one attached hydrogen (secondary N) is 1. The molecule has 0 radical (unpaired) electrons. The molecule has 124 valence electrons. The van der Waals surface area contributed by atoms with E-state index in [4.69, 9.17) is 27.6 Å². The van der Waals surface area contributed by atoms with Crippen LogP contribution >= 0.6 is 35.0 Å². The summed E-state index contributed by atoms with van der Waals surface area (Å²) in [7, 11) is 0. The topological polar surface area (TPSA) is 42.2 Å². The second-order valence-electron chi connectivity index (χ2n) is 5.39. The number of rotatable bonds is 2. The summed E-state index contributed by atoms with van der Waals surface area (Å²) in [5.41, 5.74) is 1.57. The van der Waals surface area contributed by atoms with Gasteiger partial charge in [-0.05, 0) is 42.5 Å². The molecule has 0 bridgehead atoms. The summed E-state index contributed by atoms with van der Waals surface area (Å²) in [5.74, 6) is 1.05. The lowest BCUT2D eigenvalue weighted by atomic mass is 10.2. The summed E-state index contributed by atoms with van der Waals surface area (Å²) in [6, 6.07) is 16.5. The SMILES string of the molecule is O=C1Nc2ccccc2S/C1=C\c1ccc(-c2ccc(Cl)cc2Cl)o1. The molecule has 1 aliphatic heterocycles. The quantitative estimate of drug-likeness (QED) is 0.521. The van der Waals surface area contributed by atoms with Crippen molar-refractivity contribution in [2.45, 2.75) is 4.90 Å². The normalized spacial score (nSPS) is 15.1. The van der Waals surface area contributed by atoms with Crippen LogP contribution in [0.4, 0.5) is 5.69 Å². The Hall–Kier alpha value is -2.14. The van der Waals surface area contributed by atoms with E-state index in [0.717, 1.165) is 16.1 Å². The van der Waals surface area contributed by atoms with Crippen molar-refractivity contribution in [3.05, 3.63) is 75.3 Å². The van der Waals surface area contributed by atoms with Crippen LogP contribution in [0.5, 0.6) is 0 Å². The number of hydrogen-bond acceptors (Lipinski definition) is 3. The number of fused-ring (bicyclic) bond motifs is 1. The molecular formula is C19H11Cl2NO2S. The molecule has 0 saturated heterocycles. The summed E-state index contributed by atoms with van der Waals surface area (Å²) in [6.45, 7) is 0. The highest BCUT2D eigenvalue weighted by Gasteiger charge is 2.21. The Morgan fingerprint density at radius 1 is 1.04 bits per heavy atom. The van der Waals surface area contributed by atoms with E-state index in [-0.39, 0.29) is 5.91 Å². The zero-order valence-electron chi connectivity index (χ0n) is 12.8. The third-order valence-electron chi connectivity index (χ3n) is 3.68. The number of benzene rings is 2. The molecule has 0 unspecified atom stereocenters. The minimum atomic E-state index is -0.147. The first-order valence-corrected chi connectivity index (χ1v) is 9.02. The van der Waals surface area contributed by atoms with Crippen LogP contribution in [0.25, 0.3) is 17.4 Å². The van der Waals surface area contributed by atoms with Crippen LogP contribution in [0, 0.1) is 0 Å². The van der Waals surface area contributed by atoms with Crippen LogP contribution in [0.2, 0.25) is 10.0 Å². The van der Waals surface area contributed by atoms with Crippen molar-refractivity contribution in [3.63, 3.8) is 0 Å². The van der Waals surface area contributed by atoms with Crippen LogP contribution in [0.3, 0.4) is 0 Å². The lowest BCUT2D eigenvalue weighted by molar-refractivity contribution is -0.112. The molecule has 3 aromatic rings. The molecule has 0 saturated carbocycles. The molecular weight excluding hydrogens is 377 g/mol. The minimum Gasteiger partial charge on any atom is -0.457 e. The zero-order chi connectivity index (χ0) is 17.4. The van der Waals surface area contributed by atoms with E-state index >= 15 is 0 Å². The van der Waals surface area contributed by atoms with Crippen molar-refractivity contribution in [2.75, 3.05) is 5.32 Å². The fraction of sp³-hybridized carbons (Fsp3) is 0. The second-order valence-corrected chi connectivity index (χ2v) is 7.31. The maximum atomic E-state index is 12.3. The Morgan fingerprint density at radius 3 is 2.72 bits per heavy atom. The van der Waals surface area contributed by atoms with Gasteiger partial charge >= 0.3 is 0 Å². The van der Waals surface area contributed by atoms with Crippen molar-refractivity contribution < 1.29 is 9.21 Å². The minimum absolute atomic E-state index is 0.147. The molecule has 25 heavy (non-hydrogen) atoms. The smallest absolute Gasteiger partial charge is 0.262 e. The summed E-state index contributed by atoms with van der Waals surface area (Å²) in [5, 5.41) is 3.96. The van der Waals surface area contributed by atoms with Crippen molar-refractivity contribution in [2.24, 2.45) is 0 Å². The second kappa shape index (κ2) is 6.64. The first kappa shape index (κ1) is 16.3. The fourth-order valence-corrected chi connectivity index (χ4v) is 3.93. The van der Waals surface area contributed by atoms with E-state index < -0.39 is 0 Å². The van der Waals surface area contributed by atoms with Gasteiger partial charge < -0.3 is 9.73 Å². The van der Waals surface area contributed by atoms with Gasteiger partial charge in [-0.3, -0.25) is 4.79 Å². The van der Waals surface area contributed by atoms with Gasteiger partial charge in [0.1, 0.15) is 11.5 Å². The first-order chi connectivity index (χ1) is 12.1. The molecule has 1 N–H and O–H groups in total. The molecule has 1 amide bonds. The predicted molar refractivity (Wildman–Crippen MR) is 103 cm³/mol. The number of halogens is 2. The largest absolute Gasteiger partial charge is 0.457 e. The number of para-hydroxylation sites is 1. The molecule has 4 rings (SSSR count). The Bertz CT molecular complexity index is 1010. The van der Waals surface area contributed by atoms with Crippen molar-refractivity contribution in [1.82, 2.24) is 0 Å². The Kier molecular flexibility index (Phi) is 4.34. The Balaban J connectivity index is 1.65. The van der Waals surface area contributed by atoms with Crippen LogP contribution in [-0.4, -0.2) is 5.91 Å². The van der Waals surface area contributed by atoms with Gasteiger partial charge in [-0.1, -0.05) is 47.1 Å². The highest BCUT2D eigenvalue weighted by molar-refractivity contribution is 8.04. The lowest BCUT2D eigenvalue weighted by Crippen LogP contribution is -2.16. The maximum Gasteiger partial charge on any atom is 0.262 e. The summed E-state index contributed by atoms with van der Waals surface area (Å²) >= 11 is 13.6. The van der Waals surface area contributed by atoms with Gasteiger partial charge in [0.2, 0.25) is 0 Å². The van der Waals surface area contributed by atoms with E-state index in [0.29, 0.717) is 26.5 Å². The number of hydrogen-bond donors (Lipinski definition) is 1. The van der Waals surface area contributed by atoms with Gasteiger partial charge in [-0.15, -0.1) is 0 Å². The number of anilines is 1. The van der Waals surface area contributed by atoms with Gasteiger partial charge in [-0.25, -0.2) is 0 Å². The molecule has 3 nitrogen and oxygen atoms in total. The van der Waals surface area contributed by atoms with E-state index in [1.807, 2.05) is 36.4 Å². The molecule has 0 aliphatic carbocycles. The van der Waals surface area contributed by atoms with E-state index in [1.54, 1.807) is 24.3 Å². The molecule has 1 aromatic heterocycles. The molecule has 6 heteroatoms. The van der Waals surface area contributed by atoms with Crippen molar-refractivity contribution >= 4 is 52.6 Å². The van der Waals surface area contributed by atoms with Crippen LogP contribution in [-0.2, 0) is 4.79 Å². The van der Waals surface area contributed by atoms with Crippen LogP contribution in [0.1, 0.15) is 5.76 Å². The molecule has 2 aromatic carbocycles. The van der Waals surface area contributed by atoms with Gasteiger partial charge in [-0.2, -0.15) is 0 Å². The van der Waals surface area contributed by atoms with Gasteiger partial charge in [0.25, 0.3) is 5.91 Å². The van der Waals surface area contributed by atoms with E-state index in [9.17, 15) is 4.79 Å². The molecule has 0 fully saturated rings. The van der Waals surface area contributed by atoms with Gasteiger partial charge in [0.05, 0.1) is 15.6 Å². The van der Waals surface area contributed by atoms with E-state index in [1.165, 1.54) is 11.8 Å². The number of furan rings is 1. The summed E-state index contributed by atoms with van der Waals surface area (Å²) in [4.78, 5) is 13.8. The highest BCUT2D eigenvalue weighted by atomic mass is 35.5. The maximum absolute atomic E-state index is 12.3. The molecule has 2 heterocycles. The van der Waals surface area contributed by atoms with Gasteiger partial charge in [0.15, 0.2) is 0 Å². The summed E-state index contributed by atoms with van der Waals surface area (Å²) < 4.78 is 5.83. The van der Waals surface area contributed by atoms with Crippen LogP contribution < -0.4 is 5.32 Å². The average molecular weight is 388 g/mol. The molecule has 1 aliphatic rings. The number of thioether (sulfide) groups is 1. The third-order valence-corrected chi connectivity index (χ3v) is 5.32. The number of amides is 1. The van der Waals surface area contributed by atoms with Gasteiger partial charge in [0, 0.05) is 21.6 Å². The van der Waals surface area contributed by atoms with Crippen LogP contribution in [0.15, 0.2) is 68.8 Å². The first-order valence-electron chi connectivity index (χ1n) is 7.45. The lowest BCUT2D eigenvalue weighted by Gasteiger charge is -2.17. The van der Waals surface area contributed by atoms with Crippen molar-refractivity contribution in [1.29, 1.82) is 0 Å². The standard InChI is InChI=1S/C19H11Cl2NO2S/c20-11-5-7-13(14(21)9-11)16-8-6-12(24-16)10-18-19(23)22-15-3-1-2-4-17(15)25-18/h1-10H,(H,22,23)/b18-10-. The monoisotopic (exact) mass is 387 g/mol. The average Bonchev–Trinajstić information content (AvgIpc) is 3.04. The molecule has 0 spiro atoms. The summed E-state index contributed by atoms with van der Waals surface area (Å²) in [6.07, 6.45) is 1.73. The van der Waals surface area contributed by atoms with Crippen molar-refractivity contribution in [3.8, 4) is 11.3 Å². The molecule has 0 atom stereocenters. The third kappa shape index (κ3) is 3.33. The Labute approximate surface area is 158 Å². The predicted octanol–water partition coefficient (Wildman–Crippen LogP) is 6.34. The van der Waals surface area contributed by atoms with E-state index in [2.05, 4.69) is 5.32 Å². The highest BCUT2D eigenvalue weighted by Crippen LogP contribution is 2.39. The number of carbonyl (C=O) groups excluding carboxylic acids is 1.